The molecule has 2 aromatic heterocycles. The van der Waals surface area contributed by atoms with Gasteiger partial charge in [0, 0.05) is 24.7 Å². The monoisotopic (exact) mass is 289 g/mol. The van der Waals surface area contributed by atoms with E-state index >= 15 is 0 Å². The predicted molar refractivity (Wildman–Crippen MR) is 77.8 cm³/mol. The molecule has 2 aromatic rings. The molecule has 6 nitrogen and oxygen atoms in total. The number of ether oxygens (including phenoxy) is 2. The number of hydrogen-bond donors (Lipinski definition) is 1. The van der Waals surface area contributed by atoms with Gasteiger partial charge in [0.2, 0.25) is 0 Å². The maximum Gasteiger partial charge on any atom is 0.358 e. The highest BCUT2D eigenvalue weighted by atomic mass is 16.5. The SMILES string of the molecule is COC(=O)c1nc(CC2CCCN2)n2ccc(OC)cc12. The lowest BCUT2D eigenvalue weighted by Crippen LogP contribution is -2.24. The minimum absolute atomic E-state index is 0.337. The molecule has 3 rings (SSSR count). The van der Waals surface area contributed by atoms with E-state index in [1.807, 2.05) is 22.7 Å². The lowest BCUT2D eigenvalue weighted by atomic mass is 10.1. The number of rotatable bonds is 4. The smallest absolute Gasteiger partial charge is 0.358 e. The lowest BCUT2D eigenvalue weighted by molar-refractivity contribution is 0.0596. The van der Waals surface area contributed by atoms with Gasteiger partial charge in [-0.05, 0) is 25.5 Å². The zero-order chi connectivity index (χ0) is 14.8. The van der Waals surface area contributed by atoms with Gasteiger partial charge < -0.3 is 19.2 Å². The van der Waals surface area contributed by atoms with E-state index in [0.29, 0.717) is 23.0 Å². The summed E-state index contributed by atoms with van der Waals surface area (Å²) in [5.74, 6) is 1.14. The number of esters is 1. The largest absolute Gasteiger partial charge is 0.497 e. The Morgan fingerprint density at radius 3 is 3.05 bits per heavy atom. The number of nitrogens with zero attached hydrogens (tertiary/aromatic N) is 2. The molecule has 0 bridgehead atoms. The molecule has 0 amide bonds. The zero-order valence-electron chi connectivity index (χ0n) is 12.3. The Bertz CT molecular complexity index is 659. The second-order valence-corrected chi connectivity index (χ2v) is 5.19. The highest BCUT2D eigenvalue weighted by Crippen LogP contribution is 2.22. The molecule has 1 aliphatic heterocycles. The van der Waals surface area contributed by atoms with Gasteiger partial charge in [-0.2, -0.15) is 0 Å². The van der Waals surface area contributed by atoms with Gasteiger partial charge in [0.1, 0.15) is 11.6 Å². The van der Waals surface area contributed by atoms with Gasteiger partial charge in [-0.1, -0.05) is 0 Å². The van der Waals surface area contributed by atoms with Crippen LogP contribution in [0.25, 0.3) is 5.52 Å². The number of methoxy groups -OCH3 is 2. The normalized spacial score (nSPS) is 18.1. The zero-order valence-corrected chi connectivity index (χ0v) is 12.3. The third-order valence-electron chi connectivity index (χ3n) is 3.89. The van der Waals surface area contributed by atoms with Crippen molar-refractivity contribution in [2.75, 3.05) is 20.8 Å². The Morgan fingerprint density at radius 1 is 1.52 bits per heavy atom. The summed E-state index contributed by atoms with van der Waals surface area (Å²) in [6.45, 7) is 1.05. The van der Waals surface area contributed by atoms with Crippen molar-refractivity contribution in [2.45, 2.75) is 25.3 Å². The van der Waals surface area contributed by atoms with Gasteiger partial charge in [-0.25, -0.2) is 9.78 Å². The Morgan fingerprint density at radius 2 is 2.38 bits per heavy atom. The average molecular weight is 289 g/mol. The Kier molecular flexibility index (Phi) is 3.79. The van der Waals surface area contributed by atoms with Crippen LogP contribution in [0.15, 0.2) is 18.3 Å². The van der Waals surface area contributed by atoms with E-state index < -0.39 is 5.97 Å². The van der Waals surface area contributed by atoms with E-state index in [9.17, 15) is 4.79 Å². The number of hydrogen-bond acceptors (Lipinski definition) is 5. The summed E-state index contributed by atoms with van der Waals surface area (Å²) in [5.41, 5.74) is 1.05. The Balaban J connectivity index is 2.05. The Labute approximate surface area is 123 Å². The van der Waals surface area contributed by atoms with Gasteiger partial charge in [-0.3, -0.25) is 0 Å². The van der Waals surface area contributed by atoms with E-state index in [-0.39, 0.29) is 0 Å². The number of nitrogens with one attached hydrogen (secondary N) is 1. The number of carbonyl (C=O) groups excluding carboxylic acids is 1. The maximum atomic E-state index is 11.9. The van der Waals surface area contributed by atoms with Crippen LogP contribution in [-0.4, -0.2) is 42.2 Å². The quantitative estimate of drug-likeness (QED) is 0.862. The van der Waals surface area contributed by atoms with Crippen LogP contribution in [0.5, 0.6) is 5.75 Å². The molecule has 112 valence electrons. The van der Waals surface area contributed by atoms with Crippen molar-refractivity contribution in [3.8, 4) is 5.75 Å². The van der Waals surface area contributed by atoms with E-state index in [4.69, 9.17) is 9.47 Å². The minimum atomic E-state index is -0.425. The molecule has 3 heterocycles. The number of aromatic nitrogens is 2. The fourth-order valence-corrected chi connectivity index (χ4v) is 2.80. The highest BCUT2D eigenvalue weighted by Gasteiger charge is 2.22. The second kappa shape index (κ2) is 5.73. The van der Waals surface area contributed by atoms with Crippen LogP contribution in [-0.2, 0) is 11.2 Å². The third kappa shape index (κ3) is 2.58. The fraction of sp³-hybridized carbons (Fsp3) is 0.467. The van der Waals surface area contributed by atoms with Crippen LogP contribution in [0.4, 0.5) is 0 Å². The third-order valence-corrected chi connectivity index (χ3v) is 3.89. The summed E-state index contributed by atoms with van der Waals surface area (Å²) < 4.78 is 12.0. The number of carbonyl (C=O) groups is 1. The van der Waals surface area contributed by atoms with Crippen molar-refractivity contribution < 1.29 is 14.3 Å². The number of fused-ring (bicyclic) bond motifs is 1. The molecule has 6 heteroatoms. The summed E-state index contributed by atoms with van der Waals surface area (Å²) in [6.07, 6.45) is 5.01. The highest BCUT2D eigenvalue weighted by molar-refractivity contribution is 5.95. The van der Waals surface area contributed by atoms with Gasteiger partial charge in [0.05, 0.1) is 19.7 Å². The van der Waals surface area contributed by atoms with Crippen molar-refractivity contribution in [1.29, 1.82) is 0 Å². The topological polar surface area (TPSA) is 64.9 Å². The summed E-state index contributed by atoms with van der Waals surface area (Å²) in [6, 6.07) is 4.09. The van der Waals surface area contributed by atoms with Gasteiger partial charge >= 0.3 is 5.97 Å². The fourth-order valence-electron chi connectivity index (χ4n) is 2.80. The molecule has 1 saturated heterocycles. The molecule has 1 unspecified atom stereocenters. The molecule has 1 fully saturated rings. The molecule has 1 aliphatic rings. The van der Waals surface area contributed by atoms with E-state index in [0.717, 1.165) is 25.2 Å². The molecule has 0 spiro atoms. The van der Waals surface area contributed by atoms with Crippen LogP contribution in [0.1, 0.15) is 29.2 Å². The van der Waals surface area contributed by atoms with Crippen molar-refractivity contribution in [2.24, 2.45) is 0 Å². The Hall–Kier alpha value is -2.08. The van der Waals surface area contributed by atoms with Crippen molar-refractivity contribution in [3.63, 3.8) is 0 Å². The first-order valence-corrected chi connectivity index (χ1v) is 7.09. The maximum absolute atomic E-state index is 11.9. The van der Waals surface area contributed by atoms with Gasteiger partial charge in [0.25, 0.3) is 0 Å². The molecular weight excluding hydrogens is 270 g/mol. The summed E-state index contributed by atoms with van der Waals surface area (Å²) in [7, 11) is 2.97. The minimum Gasteiger partial charge on any atom is -0.497 e. The molecule has 0 radical (unpaired) electrons. The average Bonchev–Trinajstić information content (AvgIpc) is 3.14. The van der Waals surface area contributed by atoms with Gasteiger partial charge in [0.15, 0.2) is 5.69 Å². The molecule has 0 aliphatic carbocycles. The van der Waals surface area contributed by atoms with Crippen molar-refractivity contribution in [1.82, 2.24) is 14.7 Å². The van der Waals surface area contributed by atoms with Gasteiger partial charge in [-0.15, -0.1) is 0 Å². The number of imidazole rings is 1. The first-order valence-electron chi connectivity index (χ1n) is 7.09. The van der Waals surface area contributed by atoms with Crippen LogP contribution >= 0.6 is 0 Å². The van der Waals surface area contributed by atoms with Crippen LogP contribution in [0, 0.1) is 0 Å². The second-order valence-electron chi connectivity index (χ2n) is 5.19. The molecule has 0 aromatic carbocycles. The summed E-state index contributed by atoms with van der Waals surface area (Å²) in [5, 5.41) is 3.45. The molecule has 21 heavy (non-hydrogen) atoms. The van der Waals surface area contributed by atoms with Crippen molar-refractivity contribution >= 4 is 11.5 Å². The van der Waals surface area contributed by atoms with Crippen molar-refractivity contribution in [3.05, 3.63) is 29.8 Å². The molecule has 0 saturated carbocycles. The standard InChI is InChI=1S/C15H19N3O3/c1-20-11-5-7-18-12(9-11)14(15(19)21-2)17-13(18)8-10-4-3-6-16-10/h5,7,9-10,16H,3-4,6,8H2,1-2H3. The number of pyridine rings is 1. The molecule has 1 N–H and O–H groups in total. The summed E-state index contributed by atoms with van der Waals surface area (Å²) >= 11 is 0. The molecular formula is C15H19N3O3. The van der Waals surface area contributed by atoms with Crippen LogP contribution in [0.2, 0.25) is 0 Å². The first kappa shape index (κ1) is 13.9. The van der Waals surface area contributed by atoms with E-state index in [1.165, 1.54) is 13.5 Å². The first-order chi connectivity index (χ1) is 10.2. The predicted octanol–water partition coefficient (Wildman–Crippen LogP) is 1.42. The van der Waals surface area contributed by atoms with E-state index in [1.54, 1.807) is 7.11 Å². The molecule has 1 atom stereocenters. The van der Waals surface area contributed by atoms with Crippen LogP contribution in [0.3, 0.4) is 0 Å². The lowest BCUT2D eigenvalue weighted by Gasteiger charge is -2.09. The van der Waals surface area contributed by atoms with Crippen LogP contribution < -0.4 is 10.1 Å². The summed E-state index contributed by atoms with van der Waals surface area (Å²) in [4.78, 5) is 16.4. The van der Waals surface area contributed by atoms with E-state index in [2.05, 4.69) is 10.3 Å².